The number of hydrogen-bond donors (Lipinski definition) is 1. The van der Waals surface area contributed by atoms with E-state index in [0.29, 0.717) is 29.4 Å². The van der Waals surface area contributed by atoms with Crippen LogP contribution in [0, 0.1) is 5.92 Å². The van der Waals surface area contributed by atoms with Crippen LogP contribution >= 0.6 is 11.8 Å². The number of anilines is 1. The first-order chi connectivity index (χ1) is 14.6. The minimum atomic E-state index is -0.274. The molecular formula is C22H25N3O4S. The van der Waals surface area contributed by atoms with E-state index in [-0.39, 0.29) is 24.2 Å². The number of ether oxygens (including phenoxy) is 2. The number of carbonyl (C=O) groups is 2. The summed E-state index contributed by atoms with van der Waals surface area (Å²) < 4.78 is 10.5. The topological polar surface area (TPSA) is 89.3 Å². The second kappa shape index (κ2) is 9.04. The Hall–Kier alpha value is -2.61. The van der Waals surface area contributed by atoms with E-state index in [9.17, 15) is 9.59 Å². The van der Waals surface area contributed by atoms with Crippen LogP contribution in [-0.2, 0) is 9.59 Å². The molecule has 158 valence electrons. The molecule has 0 fully saturated rings. The SMILES string of the molecule is COc1ccc(NC(=O)CCC2=NC(=O)C3C(=N2)SC2=C3CCCCC2)c(OC)c1. The number of fused-ring (bicyclic) bond motifs is 2. The maximum Gasteiger partial charge on any atom is 0.261 e. The number of thioether (sulfide) groups is 1. The molecular weight excluding hydrogens is 402 g/mol. The average Bonchev–Trinajstić information content (AvgIpc) is 2.94. The van der Waals surface area contributed by atoms with Crippen LogP contribution in [0.1, 0.15) is 44.9 Å². The molecule has 1 aromatic carbocycles. The van der Waals surface area contributed by atoms with Gasteiger partial charge < -0.3 is 14.8 Å². The van der Waals surface area contributed by atoms with Crippen molar-refractivity contribution in [3.8, 4) is 11.5 Å². The molecule has 8 heteroatoms. The summed E-state index contributed by atoms with van der Waals surface area (Å²) >= 11 is 1.64. The summed E-state index contributed by atoms with van der Waals surface area (Å²) in [6, 6.07) is 5.19. The standard InChI is InChI=1S/C22H25N3O4S/c1-28-13-8-9-15(16(12-13)29-2)23-19(26)11-10-18-24-21(27)20-14-6-4-3-5-7-17(14)30-22(20)25-18/h8-9,12,20H,3-7,10-11H2,1-2H3,(H,23,26). The lowest BCUT2D eigenvalue weighted by molar-refractivity contribution is -0.119. The average molecular weight is 428 g/mol. The molecule has 1 N–H and O–H groups in total. The van der Waals surface area contributed by atoms with Crippen molar-refractivity contribution in [2.24, 2.45) is 15.9 Å². The Labute approximate surface area is 180 Å². The summed E-state index contributed by atoms with van der Waals surface area (Å²) in [6.45, 7) is 0. The van der Waals surface area contributed by atoms with Gasteiger partial charge in [0.2, 0.25) is 5.91 Å². The number of nitrogens with zero attached hydrogens (tertiary/aromatic N) is 2. The molecule has 30 heavy (non-hydrogen) atoms. The van der Waals surface area contributed by atoms with Gasteiger partial charge in [-0.25, -0.2) is 4.99 Å². The van der Waals surface area contributed by atoms with Crippen molar-refractivity contribution in [2.75, 3.05) is 19.5 Å². The number of carbonyl (C=O) groups excluding carboxylic acids is 2. The Balaban J connectivity index is 1.38. The lowest BCUT2D eigenvalue weighted by atomic mass is 9.94. The van der Waals surface area contributed by atoms with Crippen LogP contribution in [-0.4, -0.2) is 36.9 Å². The largest absolute Gasteiger partial charge is 0.497 e. The smallest absolute Gasteiger partial charge is 0.261 e. The van der Waals surface area contributed by atoms with Crippen molar-refractivity contribution < 1.29 is 19.1 Å². The maximum atomic E-state index is 12.7. The molecule has 1 aliphatic carbocycles. The van der Waals surface area contributed by atoms with E-state index in [1.54, 1.807) is 37.1 Å². The van der Waals surface area contributed by atoms with E-state index in [4.69, 9.17) is 9.47 Å². The highest BCUT2D eigenvalue weighted by atomic mass is 32.2. The molecule has 0 spiro atoms. The summed E-state index contributed by atoms with van der Waals surface area (Å²) in [5.74, 6) is 1.00. The van der Waals surface area contributed by atoms with Crippen molar-refractivity contribution in [3.63, 3.8) is 0 Å². The fourth-order valence-electron chi connectivity index (χ4n) is 3.97. The molecule has 1 atom stereocenters. The summed E-state index contributed by atoms with van der Waals surface area (Å²) in [7, 11) is 3.11. The summed E-state index contributed by atoms with van der Waals surface area (Å²) in [6.07, 6.45) is 6.01. The van der Waals surface area contributed by atoms with Crippen LogP contribution in [0.25, 0.3) is 0 Å². The van der Waals surface area contributed by atoms with Crippen LogP contribution in [0.5, 0.6) is 11.5 Å². The normalized spacial score (nSPS) is 20.6. The van der Waals surface area contributed by atoms with Crippen molar-refractivity contribution in [3.05, 3.63) is 28.7 Å². The van der Waals surface area contributed by atoms with E-state index in [1.165, 1.54) is 30.4 Å². The third-order valence-corrected chi connectivity index (χ3v) is 6.76. The highest BCUT2D eigenvalue weighted by Gasteiger charge is 2.39. The van der Waals surface area contributed by atoms with Gasteiger partial charge in [0.15, 0.2) is 0 Å². The van der Waals surface area contributed by atoms with Crippen LogP contribution in [0.2, 0.25) is 0 Å². The molecule has 0 bridgehead atoms. The van der Waals surface area contributed by atoms with Crippen LogP contribution in [0.4, 0.5) is 5.69 Å². The first-order valence-corrected chi connectivity index (χ1v) is 11.0. The van der Waals surface area contributed by atoms with Gasteiger partial charge in [-0.1, -0.05) is 18.2 Å². The molecule has 3 aliphatic rings. The molecule has 2 aliphatic heterocycles. The number of nitrogens with one attached hydrogen (secondary N) is 1. The third kappa shape index (κ3) is 4.28. The lowest BCUT2D eigenvalue weighted by Crippen LogP contribution is -2.26. The molecule has 0 saturated carbocycles. The zero-order valence-corrected chi connectivity index (χ0v) is 18.0. The Morgan fingerprint density at radius 1 is 1.17 bits per heavy atom. The fraction of sp³-hybridized carbons (Fsp3) is 0.455. The number of aliphatic imine (C=N–C) groups is 2. The fourth-order valence-corrected chi connectivity index (χ4v) is 5.33. The van der Waals surface area contributed by atoms with Crippen LogP contribution < -0.4 is 14.8 Å². The number of methoxy groups -OCH3 is 2. The highest BCUT2D eigenvalue weighted by molar-refractivity contribution is 8.17. The summed E-state index contributed by atoms with van der Waals surface area (Å²) in [4.78, 5) is 35.3. The quantitative estimate of drug-likeness (QED) is 0.729. The van der Waals surface area contributed by atoms with E-state index in [0.717, 1.165) is 24.3 Å². The predicted octanol–water partition coefficient (Wildman–Crippen LogP) is 4.34. The van der Waals surface area contributed by atoms with Gasteiger partial charge in [-0.05, 0) is 48.3 Å². The van der Waals surface area contributed by atoms with Crippen LogP contribution in [0.15, 0.2) is 38.7 Å². The molecule has 0 saturated heterocycles. The predicted molar refractivity (Wildman–Crippen MR) is 118 cm³/mol. The van der Waals surface area contributed by atoms with E-state index in [2.05, 4.69) is 15.3 Å². The molecule has 7 nitrogen and oxygen atoms in total. The molecule has 2 amide bonds. The number of allylic oxidation sites excluding steroid dienone is 1. The zero-order chi connectivity index (χ0) is 21.1. The Kier molecular flexibility index (Phi) is 6.22. The first kappa shape index (κ1) is 20.7. The second-order valence-electron chi connectivity index (χ2n) is 7.47. The number of benzene rings is 1. The van der Waals surface area contributed by atoms with Gasteiger partial charge in [0.05, 0.1) is 25.0 Å². The van der Waals surface area contributed by atoms with E-state index >= 15 is 0 Å². The van der Waals surface area contributed by atoms with Crippen molar-refractivity contribution in [1.29, 1.82) is 0 Å². The third-order valence-electron chi connectivity index (χ3n) is 5.52. The van der Waals surface area contributed by atoms with Gasteiger partial charge >= 0.3 is 0 Å². The van der Waals surface area contributed by atoms with Gasteiger partial charge in [0, 0.05) is 18.9 Å². The summed E-state index contributed by atoms with van der Waals surface area (Å²) in [5.41, 5.74) is 1.80. The Morgan fingerprint density at radius 2 is 2.00 bits per heavy atom. The highest BCUT2D eigenvalue weighted by Crippen LogP contribution is 2.46. The molecule has 1 aromatic rings. The first-order valence-electron chi connectivity index (χ1n) is 10.2. The minimum absolute atomic E-state index is 0.133. The number of hydrogen-bond acceptors (Lipinski definition) is 6. The van der Waals surface area contributed by atoms with Gasteiger partial charge in [-0.2, -0.15) is 4.99 Å². The van der Waals surface area contributed by atoms with Gasteiger partial charge in [-0.3, -0.25) is 9.59 Å². The lowest BCUT2D eigenvalue weighted by Gasteiger charge is -2.16. The number of rotatable bonds is 6. The van der Waals surface area contributed by atoms with Crippen molar-refractivity contribution >= 4 is 40.1 Å². The van der Waals surface area contributed by atoms with E-state index in [1.807, 2.05) is 0 Å². The van der Waals surface area contributed by atoms with Crippen LogP contribution in [0.3, 0.4) is 0 Å². The summed E-state index contributed by atoms with van der Waals surface area (Å²) in [5, 5.41) is 3.68. The molecule has 0 radical (unpaired) electrons. The molecule has 4 rings (SSSR count). The molecule has 1 unspecified atom stereocenters. The molecule has 2 heterocycles. The van der Waals surface area contributed by atoms with Crippen molar-refractivity contribution in [2.45, 2.75) is 44.9 Å². The van der Waals surface area contributed by atoms with Crippen molar-refractivity contribution in [1.82, 2.24) is 0 Å². The second-order valence-corrected chi connectivity index (χ2v) is 8.59. The number of amidine groups is 1. The van der Waals surface area contributed by atoms with E-state index < -0.39 is 0 Å². The molecule has 0 aromatic heterocycles. The van der Waals surface area contributed by atoms with Gasteiger partial charge in [0.25, 0.3) is 5.91 Å². The Bertz CT molecular complexity index is 967. The Morgan fingerprint density at radius 3 is 2.80 bits per heavy atom. The number of amides is 2. The minimum Gasteiger partial charge on any atom is -0.497 e. The zero-order valence-electron chi connectivity index (χ0n) is 17.2. The monoisotopic (exact) mass is 427 g/mol. The van der Waals surface area contributed by atoms with Gasteiger partial charge in [-0.15, -0.1) is 0 Å². The van der Waals surface area contributed by atoms with Gasteiger partial charge in [0.1, 0.15) is 23.3 Å². The maximum absolute atomic E-state index is 12.7.